The van der Waals surface area contributed by atoms with Crippen molar-refractivity contribution in [2.45, 2.75) is 19.8 Å². The summed E-state index contributed by atoms with van der Waals surface area (Å²) >= 11 is 0. The van der Waals surface area contributed by atoms with Gasteiger partial charge in [-0.15, -0.1) is 13.1 Å². The fourth-order valence-corrected chi connectivity index (χ4v) is 0.879. The van der Waals surface area contributed by atoms with Crippen molar-refractivity contribution in [1.29, 1.82) is 0 Å². The van der Waals surface area contributed by atoms with Crippen LogP contribution in [0, 0.1) is 5.92 Å². The standard InChI is InChI=1S/C6H12N.Li/c1-6-2-4-7-5-3-6;/h6H,2-5H2,1H3;/q-1;+1. The summed E-state index contributed by atoms with van der Waals surface area (Å²) in [5.74, 6) is 0.942. The van der Waals surface area contributed by atoms with Gasteiger partial charge in [-0.05, 0) is 5.92 Å². The molecule has 0 aromatic heterocycles. The zero-order valence-electron chi connectivity index (χ0n) is 5.85. The first-order valence-electron chi connectivity index (χ1n) is 3.03. The zero-order chi connectivity index (χ0) is 5.11. The second-order valence-electron chi connectivity index (χ2n) is 2.35. The molecule has 0 aliphatic carbocycles. The number of rotatable bonds is 0. The molecule has 1 fully saturated rings. The molecule has 0 aromatic rings. The van der Waals surface area contributed by atoms with Crippen LogP contribution in [0.2, 0.25) is 0 Å². The van der Waals surface area contributed by atoms with E-state index in [2.05, 4.69) is 12.2 Å². The van der Waals surface area contributed by atoms with E-state index in [0.717, 1.165) is 19.0 Å². The summed E-state index contributed by atoms with van der Waals surface area (Å²) in [6.07, 6.45) is 2.64. The maximum Gasteiger partial charge on any atom is 1.00 e. The number of nitrogens with zero attached hydrogens (tertiary/aromatic N) is 1. The summed E-state index contributed by atoms with van der Waals surface area (Å²) in [4.78, 5) is 0. The van der Waals surface area contributed by atoms with Crippen molar-refractivity contribution in [3.8, 4) is 0 Å². The molecular formula is C6H12LiN. The zero-order valence-corrected chi connectivity index (χ0v) is 5.85. The Hall–Kier alpha value is 0.557. The van der Waals surface area contributed by atoms with Crippen LogP contribution in [0.3, 0.4) is 0 Å². The van der Waals surface area contributed by atoms with Gasteiger partial charge in [0.1, 0.15) is 0 Å². The summed E-state index contributed by atoms with van der Waals surface area (Å²) in [6.45, 7) is 4.52. The molecule has 1 saturated heterocycles. The average Bonchev–Trinajstić information content (AvgIpc) is 1.69. The van der Waals surface area contributed by atoms with Crippen molar-refractivity contribution in [1.82, 2.24) is 0 Å². The third kappa shape index (κ3) is 2.77. The van der Waals surface area contributed by atoms with Crippen molar-refractivity contribution in [2.75, 3.05) is 13.1 Å². The fraction of sp³-hybridized carbons (Fsp3) is 1.00. The average molecular weight is 105 g/mol. The first kappa shape index (κ1) is 8.56. The first-order chi connectivity index (χ1) is 3.39. The quantitative estimate of drug-likeness (QED) is 0.343. The largest absolute Gasteiger partial charge is 1.00 e. The van der Waals surface area contributed by atoms with E-state index in [9.17, 15) is 0 Å². The van der Waals surface area contributed by atoms with E-state index in [1.165, 1.54) is 12.8 Å². The van der Waals surface area contributed by atoms with Crippen LogP contribution in [0.1, 0.15) is 19.8 Å². The van der Waals surface area contributed by atoms with Crippen molar-refractivity contribution in [3.05, 3.63) is 5.32 Å². The summed E-state index contributed by atoms with van der Waals surface area (Å²) in [6, 6.07) is 0. The molecule has 2 heteroatoms. The molecule has 0 N–H and O–H groups in total. The van der Waals surface area contributed by atoms with Crippen LogP contribution < -0.4 is 18.9 Å². The Bertz CT molecular complexity index is 50.5. The van der Waals surface area contributed by atoms with Gasteiger partial charge in [-0.1, -0.05) is 19.8 Å². The second kappa shape index (κ2) is 4.44. The Balaban J connectivity index is 0.000000490. The van der Waals surface area contributed by atoms with Gasteiger partial charge in [0.25, 0.3) is 0 Å². The Labute approximate surface area is 63.4 Å². The van der Waals surface area contributed by atoms with E-state index >= 15 is 0 Å². The topological polar surface area (TPSA) is 14.1 Å². The third-order valence-electron chi connectivity index (χ3n) is 1.56. The van der Waals surface area contributed by atoms with Crippen LogP contribution in [0.25, 0.3) is 5.32 Å². The molecule has 1 aliphatic heterocycles. The molecule has 1 nitrogen and oxygen atoms in total. The van der Waals surface area contributed by atoms with E-state index in [4.69, 9.17) is 0 Å². The van der Waals surface area contributed by atoms with Crippen molar-refractivity contribution in [2.24, 2.45) is 5.92 Å². The number of hydrogen-bond donors (Lipinski definition) is 0. The molecule has 1 heterocycles. The van der Waals surface area contributed by atoms with Gasteiger partial charge in [0.2, 0.25) is 0 Å². The predicted molar refractivity (Wildman–Crippen MR) is 31.5 cm³/mol. The molecule has 0 radical (unpaired) electrons. The van der Waals surface area contributed by atoms with Gasteiger partial charge in [-0.3, -0.25) is 0 Å². The molecule has 0 aromatic carbocycles. The first-order valence-corrected chi connectivity index (χ1v) is 3.03. The normalized spacial score (nSPS) is 22.1. The summed E-state index contributed by atoms with van der Waals surface area (Å²) in [5.41, 5.74) is 0. The van der Waals surface area contributed by atoms with Gasteiger partial charge in [-0.2, -0.15) is 0 Å². The van der Waals surface area contributed by atoms with Crippen LogP contribution in [-0.2, 0) is 0 Å². The minimum atomic E-state index is 0. The third-order valence-corrected chi connectivity index (χ3v) is 1.56. The van der Waals surface area contributed by atoms with Crippen LogP contribution in [0.15, 0.2) is 0 Å². The van der Waals surface area contributed by atoms with E-state index in [0.29, 0.717) is 0 Å². The van der Waals surface area contributed by atoms with Crippen LogP contribution in [0.4, 0.5) is 0 Å². The van der Waals surface area contributed by atoms with Gasteiger partial charge in [0.15, 0.2) is 0 Å². The minimum Gasteiger partial charge on any atom is -0.662 e. The van der Waals surface area contributed by atoms with Crippen LogP contribution in [-0.4, -0.2) is 13.1 Å². The van der Waals surface area contributed by atoms with E-state index in [1.807, 2.05) is 0 Å². The molecule has 1 aliphatic rings. The maximum atomic E-state index is 4.23. The number of hydrogen-bond acceptors (Lipinski definition) is 0. The van der Waals surface area contributed by atoms with E-state index in [1.54, 1.807) is 0 Å². The van der Waals surface area contributed by atoms with Gasteiger partial charge < -0.3 is 5.32 Å². The van der Waals surface area contributed by atoms with Gasteiger partial charge in [0, 0.05) is 0 Å². The molecule has 0 bridgehead atoms. The summed E-state index contributed by atoms with van der Waals surface area (Å²) in [7, 11) is 0. The Morgan fingerprint density at radius 1 is 1.25 bits per heavy atom. The summed E-state index contributed by atoms with van der Waals surface area (Å²) < 4.78 is 0. The van der Waals surface area contributed by atoms with Crippen LogP contribution >= 0.6 is 0 Å². The molecule has 0 amide bonds. The van der Waals surface area contributed by atoms with E-state index in [-0.39, 0.29) is 18.9 Å². The summed E-state index contributed by atoms with van der Waals surface area (Å²) in [5, 5.41) is 4.23. The molecular weight excluding hydrogens is 93.0 g/mol. The number of piperidine rings is 1. The second-order valence-corrected chi connectivity index (χ2v) is 2.35. The Morgan fingerprint density at radius 2 is 1.75 bits per heavy atom. The molecule has 8 heavy (non-hydrogen) atoms. The Morgan fingerprint density at radius 3 is 2.00 bits per heavy atom. The Kier molecular flexibility index (Phi) is 4.75. The van der Waals surface area contributed by atoms with Gasteiger partial charge in [-0.25, -0.2) is 0 Å². The van der Waals surface area contributed by atoms with Crippen molar-refractivity contribution < 1.29 is 18.9 Å². The smallest absolute Gasteiger partial charge is 0.662 e. The molecule has 42 valence electrons. The monoisotopic (exact) mass is 105 g/mol. The molecule has 0 atom stereocenters. The molecule has 0 saturated carbocycles. The van der Waals surface area contributed by atoms with Gasteiger partial charge in [0.05, 0.1) is 0 Å². The predicted octanol–water partition coefficient (Wildman–Crippen LogP) is -1.21. The van der Waals surface area contributed by atoms with Gasteiger partial charge >= 0.3 is 18.9 Å². The van der Waals surface area contributed by atoms with E-state index < -0.39 is 0 Å². The fourth-order valence-electron chi connectivity index (χ4n) is 0.879. The van der Waals surface area contributed by atoms with Crippen molar-refractivity contribution >= 4 is 0 Å². The van der Waals surface area contributed by atoms with Crippen LogP contribution in [0.5, 0.6) is 0 Å². The molecule has 1 rings (SSSR count). The SMILES string of the molecule is CC1CC[N-]CC1.[Li+]. The molecule has 0 unspecified atom stereocenters. The molecule has 0 spiro atoms. The van der Waals surface area contributed by atoms with Crippen molar-refractivity contribution in [3.63, 3.8) is 0 Å². The maximum absolute atomic E-state index is 4.23. The minimum absolute atomic E-state index is 0.